The van der Waals surface area contributed by atoms with Crippen LogP contribution in [0.15, 0.2) is 43.1 Å². The third kappa shape index (κ3) is 4.12. The van der Waals surface area contributed by atoms with Gasteiger partial charge in [0.25, 0.3) is 5.91 Å². The van der Waals surface area contributed by atoms with E-state index in [4.69, 9.17) is 0 Å². The van der Waals surface area contributed by atoms with E-state index in [1.165, 1.54) is 0 Å². The van der Waals surface area contributed by atoms with Crippen LogP contribution < -0.4 is 15.1 Å². The summed E-state index contributed by atoms with van der Waals surface area (Å²) in [5.41, 5.74) is 0.386. The van der Waals surface area contributed by atoms with Gasteiger partial charge >= 0.3 is 0 Å². The van der Waals surface area contributed by atoms with Crippen LogP contribution in [0.1, 0.15) is 16.3 Å². The van der Waals surface area contributed by atoms with E-state index >= 15 is 0 Å². The summed E-state index contributed by atoms with van der Waals surface area (Å²) in [6, 6.07) is 7.69. The molecule has 2 aromatic rings. The van der Waals surface area contributed by atoms with Gasteiger partial charge in [-0.25, -0.2) is 15.0 Å². The summed E-state index contributed by atoms with van der Waals surface area (Å²) in [5, 5.41) is 2.75. The Labute approximate surface area is 147 Å². The number of piperazine rings is 1. The molecule has 130 valence electrons. The molecule has 3 rings (SSSR count). The molecule has 0 atom stereocenters. The zero-order valence-electron chi connectivity index (χ0n) is 14.4. The van der Waals surface area contributed by atoms with Crippen molar-refractivity contribution in [2.24, 2.45) is 0 Å². The summed E-state index contributed by atoms with van der Waals surface area (Å²) in [6.45, 7) is 9.18. The van der Waals surface area contributed by atoms with Gasteiger partial charge in [-0.2, -0.15) is 0 Å². The van der Waals surface area contributed by atoms with Gasteiger partial charge in [-0.05, 0) is 19.1 Å². The molecule has 1 aliphatic heterocycles. The Balaban J connectivity index is 1.69. The molecule has 1 aliphatic rings. The van der Waals surface area contributed by atoms with Crippen LogP contribution in [0, 0.1) is 6.92 Å². The number of aromatic nitrogens is 3. The highest BCUT2D eigenvalue weighted by Gasteiger charge is 2.20. The number of hydrogen-bond donors (Lipinski definition) is 1. The summed E-state index contributed by atoms with van der Waals surface area (Å²) in [6.07, 6.45) is 3.45. The first-order valence-corrected chi connectivity index (χ1v) is 8.33. The average Bonchev–Trinajstić information content (AvgIpc) is 2.66. The predicted molar refractivity (Wildman–Crippen MR) is 98.0 cm³/mol. The van der Waals surface area contributed by atoms with E-state index in [1.54, 1.807) is 19.1 Å². The van der Waals surface area contributed by atoms with Gasteiger partial charge in [0, 0.05) is 45.0 Å². The zero-order valence-corrected chi connectivity index (χ0v) is 14.4. The van der Waals surface area contributed by atoms with Crippen LogP contribution in [0.2, 0.25) is 0 Å². The zero-order chi connectivity index (χ0) is 17.6. The molecule has 25 heavy (non-hydrogen) atoms. The van der Waals surface area contributed by atoms with Crippen LogP contribution in [0.5, 0.6) is 0 Å². The molecule has 0 saturated carbocycles. The number of nitrogens with zero attached hydrogens (tertiary/aromatic N) is 5. The fourth-order valence-corrected chi connectivity index (χ4v) is 2.79. The van der Waals surface area contributed by atoms with Gasteiger partial charge in [0.2, 0.25) is 0 Å². The van der Waals surface area contributed by atoms with Gasteiger partial charge in [-0.1, -0.05) is 12.1 Å². The van der Waals surface area contributed by atoms with E-state index in [-0.39, 0.29) is 5.91 Å². The molecule has 7 heteroatoms. The summed E-state index contributed by atoms with van der Waals surface area (Å²) in [5.74, 6) is 2.16. The maximum atomic E-state index is 12.1. The summed E-state index contributed by atoms with van der Waals surface area (Å²) in [4.78, 5) is 29.7. The average molecular weight is 338 g/mol. The predicted octanol–water partition coefficient (Wildman–Crippen LogP) is 1.42. The Morgan fingerprint density at radius 3 is 2.56 bits per heavy atom. The first kappa shape index (κ1) is 16.9. The van der Waals surface area contributed by atoms with Crippen LogP contribution in [0.25, 0.3) is 0 Å². The quantitative estimate of drug-likeness (QED) is 0.831. The third-order valence-electron chi connectivity index (χ3n) is 4.04. The van der Waals surface area contributed by atoms with E-state index in [0.29, 0.717) is 18.1 Å². The van der Waals surface area contributed by atoms with Crippen molar-refractivity contribution in [3.63, 3.8) is 0 Å². The van der Waals surface area contributed by atoms with E-state index in [1.807, 2.05) is 24.4 Å². The molecule has 0 aromatic carbocycles. The van der Waals surface area contributed by atoms with Gasteiger partial charge in [0.05, 0.1) is 0 Å². The Hall–Kier alpha value is -2.96. The van der Waals surface area contributed by atoms with Crippen LogP contribution >= 0.6 is 0 Å². The second-order valence-electron chi connectivity index (χ2n) is 5.82. The minimum Gasteiger partial charge on any atom is -0.353 e. The SMILES string of the molecule is C=CCNC(=O)c1cc(N2CCN(c3ccccn3)CC2)nc(C)n1. The van der Waals surface area contributed by atoms with Crippen LogP contribution in [0.4, 0.5) is 11.6 Å². The molecule has 0 aliphatic carbocycles. The Morgan fingerprint density at radius 1 is 1.20 bits per heavy atom. The van der Waals surface area contributed by atoms with E-state index in [0.717, 1.165) is 37.8 Å². The number of nitrogens with one attached hydrogen (secondary N) is 1. The first-order chi connectivity index (χ1) is 12.2. The molecule has 2 aromatic heterocycles. The topological polar surface area (TPSA) is 74.2 Å². The third-order valence-corrected chi connectivity index (χ3v) is 4.04. The fraction of sp³-hybridized carbons (Fsp3) is 0.333. The lowest BCUT2D eigenvalue weighted by atomic mass is 10.2. The number of pyridine rings is 1. The second-order valence-corrected chi connectivity index (χ2v) is 5.82. The standard InChI is InChI=1S/C18H22N6O/c1-3-7-20-18(25)15-13-17(22-14(2)21-15)24-11-9-23(10-12-24)16-6-4-5-8-19-16/h3-6,8,13H,1,7,9-12H2,2H3,(H,20,25). The number of anilines is 2. The normalized spacial score (nSPS) is 14.3. The minimum absolute atomic E-state index is 0.209. The number of hydrogen-bond acceptors (Lipinski definition) is 6. The molecular weight excluding hydrogens is 316 g/mol. The van der Waals surface area contributed by atoms with Crippen molar-refractivity contribution in [3.05, 3.63) is 54.6 Å². The molecule has 0 unspecified atom stereocenters. The minimum atomic E-state index is -0.209. The van der Waals surface area contributed by atoms with Gasteiger partial charge in [0.15, 0.2) is 0 Å². The molecule has 0 spiro atoms. The van der Waals surface area contributed by atoms with Crippen LogP contribution in [-0.2, 0) is 0 Å². The second kappa shape index (κ2) is 7.74. The number of rotatable bonds is 5. The molecule has 1 N–H and O–H groups in total. The summed E-state index contributed by atoms with van der Waals surface area (Å²) >= 11 is 0. The van der Waals surface area contributed by atoms with Crippen molar-refractivity contribution < 1.29 is 4.79 Å². The highest BCUT2D eigenvalue weighted by atomic mass is 16.1. The van der Waals surface area contributed by atoms with E-state index in [2.05, 4.69) is 36.6 Å². The van der Waals surface area contributed by atoms with Crippen molar-refractivity contribution in [2.45, 2.75) is 6.92 Å². The lowest BCUT2D eigenvalue weighted by Crippen LogP contribution is -2.47. The van der Waals surface area contributed by atoms with Gasteiger partial charge < -0.3 is 15.1 Å². The molecule has 1 amide bonds. The smallest absolute Gasteiger partial charge is 0.270 e. The Morgan fingerprint density at radius 2 is 1.92 bits per heavy atom. The number of carbonyl (C=O) groups is 1. The Bertz CT molecular complexity index is 740. The van der Waals surface area contributed by atoms with Gasteiger partial charge in [-0.3, -0.25) is 4.79 Å². The van der Waals surface area contributed by atoms with Crippen molar-refractivity contribution in [1.29, 1.82) is 0 Å². The largest absolute Gasteiger partial charge is 0.353 e. The van der Waals surface area contributed by atoms with Crippen molar-refractivity contribution >= 4 is 17.5 Å². The van der Waals surface area contributed by atoms with E-state index in [9.17, 15) is 4.79 Å². The van der Waals surface area contributed by atoms with Crippen LogP contribution in [0.3, 0.4) is 0 Å². The lowest BCUT2D eigenvalue weighted by Gasteiger charge is -2.36. The number of aryl methyl sites for hydroxylation is 1. The van der Waals surface area contributed by atoms with Gasteiger partial charge in [-0.15, -0.1) is 6.58 Å². The highest BCUT2D eigenvalue weighted by Crippen LogP contribution is 2.18. The van der Waals surface area contributed by atoms with E-state index < -0.39 is 0 Å². The monoisotopic (exact) mass is 338 g/mol. The molecular formula is C18H22N6O. The van der Waals surface area contributed by atoms with Crippen LogP contribution in [-0.4, -0.2) is 53.6 Å². The fourth-order valence-electron chi connectivity index (χ4n) is 2.79. The Kier molecular flexibility index (Phi) is 5.23. The molecule has 7 nitrogen and oxygen atoms in total. The highest BCUT2D eigenvalue weighted by molar-refractivity contribution is 5.93. The maximum Gasteiger partial charge on any atom is 0.270 e. The molecule has 3 heterocycles. The van der Waals surface area contributed by atoms with Gasteiger partial charge in [0.1, 0.15) is 23.2 Å². The maximum absolute atomic E-state index is 12.1. The summed E-state index contributed by atoms with van der Waals surface area (Å²) in [7, 11) is 0. The van der Waals surface area contributed by atoms with Crippen molar-refractivity contribution in [1.82, 2.24) is 20.3 Å². The lowest BCUT2D eigenvalue weighted by molar-refractivity contribution is 0.0952. The first-order valence-electron chi connectivity index (χ1n) is 8.33. The molecule has 1 fully saturated rings. The molecule has 0 radical (unpaired) electrons. The molecule has 0 bridgehead atoms. The van der Waals surface area contributed by atoms with Crippen molar-refractivity contribution in [3.8, 4) is 0 Å². The van der Waals surface area contributed by atoms with Crippen molar-refractivity contribution in [2.75, 3.05) is 42.5 Å². The number of amides is 1. The summed E-state index contributed by atoms with van der Waals surface area (Å²) < 4.78 is 0. The molecule has 1 saturated heterocycles. The number of carbonyl (C=O) groups excluding carboxylic acids is 1.